The molecular weight excluding hydrogens is 387 g/mol. The molecule has 2 aliphatic rings. The zero-order valence-electron chi connectivity index (χ0n) is 16.2. The molecule has 4 nitrogen and oxygen atoms in total. The zero-order chi connectivity index (χ0) is 20.4. The van der Waals surface area contributed by atoms with Crippen LogP contribution in [0.4, 0.5) is 10.1 Å². The maximum Gasteiger partial charge on any atom is 0.262 e. The van der Waals surface area contributed by atoms with Gasteiger partial charge in [0.15, 0.2) is 0 Å². The lowest BCUT2D eigenvalue weighted by Crippen LogP contribution is -2.41. The van der Waals surface area contributed by atoms with Crippen LogP contribution >= 0.6 is 11.8 Å². The van der Waals surface area contributed by atoms with Crippen molar-refractivity contribution in [2.24, 2.45) is 5.92 Å². The molecule has 0 spiro atoms. The minimum absolute atomic E-state index is 0.113. The van der Waals surface area contributed by atoms with Crippen molar-refractivity contribution >= 4 is 35.3 Å². The smallest absolute Gasteiger partial charge is 0.262 e. The van der Waals surface area contributed by atoms with Crippen LogP contribution in [0.5, 0.6) is 0 Å². The monoisotopic (exact) mass is 410 g/mol. The maximum atomic E-state index is 13.9. The minimum atomic E-state index is -0.372. The number of nitrogens with one attached hydrogen (secondary N) is 2. The highest BCUT2D eigenvalue weighted by atomic mass is 32.2. The van der Waals surface area contributed by atoms with Gasteiger partial charge in [0, 0.05) is 22.1 Å². The summed E-state index contributed by atoms with van der Waals surface area (Å²) in [5, 5.41) is 5.97. The van der Waals surface area contributed by atoms with Gasteiger partial charge in [0.1, 0.15) is 5.82 Å². The minimum Gasteiger partial charge on any atom is -0.349 e. The number of hydrogen-bond donors (Lipinski definition) is 2. The van der Waals surface area contributed by atoms with Crippen molar-refractivity contribution in [2.75, 3.05) is 5.32 Å². The lowest BCUT2D eigenvalue weighted by atomic mass is 9.86. The fourth-order valence-corrected chi connectivity index (χ4v) is 4.74. The number of hydrogen-bond acceptors (Lipinski definition) is 3. The highest BCUT2D eigenvalue weighted by Crippen LogP contribution is 2.39. The van der Waals surface area contributed by atoms with Crippen molar-refractivity contribution in [2.45, 2.75) is 43.5 Å². The molecule has 0 radical (unpaired) electrons. The Morgan fingerprint density at radius 2 is 2.00 bits per heavy atom. The van der Waals surface area contributed by atoms with Gasteiger partial charge in [-0.1, -0.05) is 49.7 Å². The summed E-state index contributed by atoms with van der Waals surface area (Å²) in [6.07, 6.45) is 6.05. The molecule has 2 aromatic rings. The maximum absolute atomic E-state index is 13.9. The summed E-state index contributed by atoms with van der Waals surface area (Å²) in [4.78, 5) is 26.4. The second-order valence-corrected chi connectivity index (χ2v) is 8.72. The van der Waals surface area contributed by atoms with Gasteiger partial charge in [0.2, 0.25) is 0 Å². The first-order valence-electron chi connectivity index (χ1n) is 9.91. The summed E-state index contributed by atoms with van der Waals surface area (Å²) in [6, 6.07) is 11.8. The fourth-order valence-electron chi connectivity index (χ4n) is 3.82. The van der Waals surface area contributed by atoms with Crippen LogP contribution in [0.25, 0.3) is 6.08 Å². The molecule has 1 fully saturated rings. The quantitative estimate of drug-likeness (QED) is 0.682. The van der Waals surface area contributed by atoms with Crippen molar-refractivity contribution in [3.05, 3.63) is 64.3 Å². The Morgan fingerprint density at radius 1 is 1.21 bits per heavy atom. The van der Waals surface area contributed by atoms with Crippen molar-refractivity contribution in [1.82, 2.24) is 5.32 Å². The van der Waals surface area contributed by atoms with Gasteiger partial charge in [0.05, 0.1) is 10.6 Å². The van der Waals surface area contributed by atoms with Crippen LogP contribution in [0, 0.1) is 11.7 Å². The van der Waals surface area contributed by atoms with E-state index in [1.807, 2.05) is 6.07 Å². The first kappa shape index (κ1) is 19.7. The zero-order valence-corrected chi connectivity index (χ0v) is 17.0. The van der Waals surface area contributed by atoms with Crippen molar-refractivity contribution in [3.63, 3.8) is 0 Å². The molecule has 2 amide bonds. The lowest BCUT2D eigenvalue weighted by molar-refractivity contribution is -0.112. The summed E-state index contributed by atoms with van der Waals surface area (Å²) < 4.78 is 13.9. The van der Waals surface area contributed by atoms with Gasteiger partial charge >= 0.3 is 0 Å². The third-order valence-electron chi connectivity index (χ3n) is 5.55. The molecule has 0 unspecified atom stereocenters. The molecule has 6 heteroatoms. The Morgan fingerprint density at radius 3 is 2.79 bits per heavy atom. The summed E-state index contributed by atoms with van der Waals surface area (Å²) in [6.45, 7) is 2.18. The molecule has 2 atom stereocenters. The molecule has 1 heterocycles. The van der Waals surface area contributed by atoms with Crippen molar-refractivity contribution in [3.8, 4) is 0 Å². The van der Waals surface area contributed by atoms with Gasteiger partial charge in [0.25, 0.3) is 11.8 Å². The van der Waals surface area contributed by atoms with E-state index >= 15 is 0 Å². The molecule has 150 valence electrons. The highest BCUT2D eigenvalue weighted by molar-refractivity contribution is 8.04. The number of anilines is 1. The molecule has 0 saturated heterocycles. The van der Waals surface area contributed by atoms with Crippen LogP contribution in [0.2, 0.25) is 0 Å². The van der Waals surface area contributed by atoms with Crippen LogP contribution in [-0.2, 0) is 4.79 Å². The number of benzene rings is 2. The molecule has 4 rings (SSSR count). The normalized spacial score (nSPS) is 22.7. The Kier molecular flexibility index (Phi) is 5.72. The van der Waals surface area contributed by atoms with Gasteiger partial charge in [-0.3, -0.25) is 9.59 Å². The molecule has 2 N–H and O–H groups in total. The summed E-state index contributed by atoms with van der Waals surface area (Å²) >= 11 is 1.28. The van der Waals surface area contributed by atoms with E-state index < -0.39 is 0 Å². The Hall–Kier alpha value is -2.60. The Bertz CT molecular complexity index is 989. The molecule has 1 saturated carbocycles. The van der Waals surface area contributed by atoms with Crippen LogP contribution in [-0.4, -0.2) is 17.9 Å². The number of carbonyl (C=O) groups excluding carboxylic acids is 2. The second-order valence-electron chi connectivity index (χ2n) is 7.64. The van der Waals surface area contributed by atoms with E-state index in [1.54, 1.807) is 36.4 Å². The van der Waals surface area contributed by atoms with E-state index in [9.17, 15) is 14.0 Å². The average molecular weight is 411 g/mol. The highest BCUT2D eigenvalue weighted by Gasteiger charge is 2.25. The number of thioether (sulfide) groups is 1. The molecule has 0 bridgehead atoms. The largest absolute Gasteiger partial charge is 0.349 e. The number of halogens is 1. The molecule has 2 aromatic carbocycles. The van der Waals surface area contributed by atoms with Crippen molar-refractivity contribution in [1.29, 1.82) is 0 Å². The summed E-state index contributed by atoms with van der Waals surface area (Å²) in [5.74, 6) is -0.308. The van der Waals surface area contributed by atoms with Crippen LogP contribution < -0.4 is 10.6 Å². The van der Waals surface area contributed by atoms with Gasteiger partial charge in [-0.15, -0.1) is 0 Å². The third kappa shape index (κ3) is 4.37. The Balaban J connectivity index is 1.52. The van der Waals surface area contributed by atoms with Crippen LogP contribution in [0.1, 0.15) is 48.5 Å². The van der Waals surface area contributed by atoms with E-state index in [4.69, 9.17) is 0 Å². The van der Waals surface area contributed by atoms with Gasteiger partial charge < -0.3 is 10.6 Å². The van der Waals surface area contributed by atoms with Crippen LogP contribution in [0.3, 0.4) is 0 Å². The van der Waals surface area contributed by atoms with E-state index in [2.05, 4.69) is 17.6 Å². The predicted octanol–water partition coefficient (Wildman–Crippen LogP) is 5.22. The summed E-state index contributed by atoms with van der Waals surface area (Å²) in [7, 11) is 0. The molecular formula is C23H23FN2O2S. The Labute approximate surface area is 174 Å². The van der Waals surface area contributed by atoms with E-state index in [1.165, 1.54) is 24.2 Å². The van der Waals surface area contributed by atoms with Gasteiger partial charge in [-0.2, -0.15) is 0 Å². The number of fused-ring (bicyclic) bond motifs is 1. The molecule has 1 aliphatic heterocycles. The topological polar surface area (TPSA) is 58.2 Å². The second kappa shape index (κ2) is 8.41. The number of carbonyl (C=O) groups is 2. The summed E-state index contributed by atoms with van der Waals surface area (Å²) in [5.41, 5.74) is 1.50. The predicted molar refractivity (Wildman–Crippen MR) is 114 cm³/mol. The standard InChI is InChI=1S/C23H23FN2O2S/c1-14-6-2-5-9-18(14)25-22(27)16-10-11-20-19(12-16)26-23(28)21(29-20)13-15-7-3-4-8-17(15)24/h3-4,7-8,10-14,18H,2,5-6,9H2,1H3,(H,25,27)(H,26,28)/b21-13+/t14-,18-/m1/s1. The first-order chi connectivity index (χ1) is 14.0. The first-order valence-corrected chi connectivity index (χ1v) is 10.7. The third-order valence-corrected chi connectivity index (χ3v) is 6.65. The van der Waals surface area contributed by atoms with E-state index in [0.29, 0.717) is 27.6 Å². The van der Waals surface area contributed by atoms with E-state index in [0.717, 1.165) is 24.2 Å². The number of amides is 2. The lowest BCUT2D eigenvalue weighted by Gasteiger charge is -2.29. The van der Waals surface area contributed by atoms with Gasteiger partial charge in [-0.25, -0.2) is 4.39 Å². The van der Waals surface area contributed by atoms with Crippen molar-refractivity contribution < 1.29 is 14.0 Å². The SMILES string of the molecule is C[C@@H]1CCCC[C@H]1NC(=O)c1ccc2c(c1)NC(=O)/C(=C\c1ccccc1F)S2. The van der Waals surface area contributed by atoms with Crippen LogP contribution in [0.15, 0.2) is 52.3 Å². The fraction of sp³-hybridized carbons (Fsp3) is 0.304. The molecule has 29 heavy (non-hydrogen) atoms. The molecule has 0 aromatic heterocycles. The number of rotatable bonds is 3. The van der Waals surface area contributed by atoms with E-state index in [-0.39, 0.29) is 23.7 Å². The van der Waals surface area contributed by atoms with Gasteiger partial charge in [-0.05, 0) is 49.1 Å². The molecule has 1 aliphatic carbocycles. The average Bonchev–Trinajstić information content (AvgIpc) is 2.71.